The van der Waals surface area contributed by atoms with Gasteiger partial charge in [-0.2, -0.15) is 0 Å². The molecule has 0 aromatic heterocycles. The monoisotopic (exact) mass is 1290 g/mol. The van der Waals surface area contributed by atoms with Gasteiger partial charge in [-0.3, -0.25) is 14.4 Å². The fourth-order valence-corrected chi connectivity index (χ4v) is 10.8. The molecule has 15 atom stereocenters. The zero-order valence-corrected chi connectivity index (χ0v) is 54.3. The van der Waals surface area contributed by atoms with E-state index in [9.17, 15) is 14.4 Å². The minimum absolute atomic E-state index is 0.00437. The number of rotatable bonds is 29. The molecule has 18 nitrogen and oxygen atoms in total. The second kappa shape index (κ2) is 34.1. The van der Waals surface area contributed by atoms with Gasteiger partial charge in [-0.1, -0.05) is 182 Å². The van der Waals surface area contributed by atoms with Crippen LogP contribution < -0.4 is 0 Å². The number of benzene rings is 6. The number of methoxy groups -OCH3 is 1. The minimum Gasteiger partial charge on any atom is -0.455 e. The largest absolute Gasteiger partial charge is 0.455 e. The van der Waals surface area contributed by atoms with Crippen molar-refractivity contribution in [2.45, 2.75) is 180 Å². The Morgan fingerprint density at radius 3 is 1.04 bits per heavy atom. The molecule has 494 valence electrons. The van der Waals surface area contributed by atoms with Crippen molar-refractivity contribution >= 4 is 29.5 Å². The van der Waals surface area contributed by atoms with Crippen LogP contribution in [0.5, 0.6) is 0 Å². The van der Waals surface area contributed by atoms with E-state index in [1.807, 2.05) is 182 Å². The Bertz CT molecular complexity index is 3140. The van der Waals surface area contributed by atoms with Crippen molar-refractivity contribution in [3.63, 3.8) is 0 Å². The van der Waals surface area contributed by atoms with Crippen LogP contribution in [0.15, 0.2) is 182 Å². The van der Waals surface area contributed by atoms with Crippen LogP contribution in [-0.2, 0) is 125 Å². The average molecular weight is 1290 g/mol. The lowest BCUT2D eigenvalue weighted by Crippen LogP contribution is -2.68. The Morgan fingerprint density at radius 2 is 0.696 bits per heavy atom. The van der Waals surface area contributed by atoms with E-state index in [-0.39, 0.29) is 52.9 Å². The van der Waals surface area contributed by atoms with Gasteiger partial charge in [0.2, 0.25) is 0 Å². The standard InChI is InChI=1S/C73H87ClO18/c1-48-58(88-57(75)39-74)63(91-70(76)72(2,3)4)66(92-71(77)73(5,6)7)69(85-48)90-60-56(47-80-41-50-29-17-10-18-30-50)87-68(65(84-45-54-37-25-14-26-38-54)62(60)82-43-52-33-21-12-22-34-52)89-59-55(46-79-40-49-27-15-9-16-28-49)86-67(78-8)64(83-44-53-35-23-13-24-36-53)61(59)81-42-51-31-19-11-20-32-51/h9-38,48,55-56,58-69H,39-47H2,1-8H3/t48-,55-,56-,58+,59-,60-,61+,62+,63+,64-,65-,66-,67-,68+,69+/m1/s1. The van der Waals surface area contributed by atoms with Gasteiger partial charge < -0.3 is 71.1 Å². The SMILES string of the molecule is CO[C@@H]1O[C@H](COCc2ccccc2)[C@@H](O[C@@H]2O[C@H](COCc3ccccc3)[C@@H](O[C@@H]3O[C@H](C)[C@H](OC(=O)CCl)[C@H](OC(=O)C(C)(C)C)[C@H]3OC(=O)C(C)(C)C)[C@H](OCc3ccccc3)[C@H]2OCc2ccccc2)[C@H](OCc2ccccc2)[C@H]1OCc1ccccc1. The maximum Gasteiger partial charge on any atom is 0.321 e. The summed E-state index contributed by atoms with van der Waals surface area (Å²) in [7, 11) is 1.56. The van der Waals surface area contributed by atoms with Gasteiger partial charge in [0, 0.05) is 7.11 Å². The maximum absolute atomic E-state index is 14.4. The van der Waals surface area contributed by atoms with Crippen LogP contribution in [0.3, 0.4) is 0 Å². The number of ether oxygens (including phenoxy) is 15. The molecule has 0 N–H and O–H groups in total. The van der Waals surface area contributed by atoms with Crippen molar-refractivity contribution in [1.82, 2.24) is 0 Å². The first-order chi connectivity index (χ1) is 44.4. The highest BCUT2D eigenvalue weighted by molar-refractivity contribution is 6.26. The van der Waals surface area contributed by atoms with Crippen LogP contribution in [0.25, 0.3) is 0 Å². The summed E-state index contributed by atoms with van der Waals surface area (Å²) in [6.07, 6.45) is -18.0. The number of alkyl halides is 1. The number of esters is 3. The molecule has 3 aliphatic rings. The Morgan fingerprint density at radius 1 is 0.380 bits per heavy atom. The first-order valence-corrected chi connectivity index (χ1v) is 31.8. The molecule has 3 heterocycles. The highest BCUT2D eigenvalue weighted by atomic mass is 35.5. The summed E-state index contributed by atoms with van der Waals surface area (Å²) in [6.45, 7) is 12.3. The molecule has 3 fully saturated rings. The Balaban J connectivity index is 1.19. The highest BCUT2D eigenvalue weighted by Crippen LogP contribution is 2.40. The fraction of sp³-hybridized carbons (Fsp3) is 0.466. The summed E-state index contributed by atoms with van der Waals surface area (Å²) in [6, 6.07) is 58.2. The van der Waals surface area contributed by atoms with E-state index in [0.717, 1.165) is 33.4 Å². The predicted molar refractivity (Wildman–Crippen MR) is 340 cm³/mol. The zero-order chi connectivity index (χ0) is 65.0. The third kappa shape index (κ3) is 19.8. The second-order valence-corrected chi connectivity index (χ2v) is 25.4. The average Bonchev–Trinajstić information content (AvgIpc) is 0.792. The van der Waals surface area contributed by atoms with Gasteiger partial charge in [0.25, 0.3) is 0 Å². The molecule has 3 saturated heterocycles. The number of halogens is 1. The van der Waals surface area contributed by atoms with Crippen LogP contribution in [0, 0.1) is 10.8 Å². The summed E-state index contributed by atoms with van der Waals surface area (Å²) in [5, 5.41) is 0. The van der Waals surface area contributed by atoms with Gasteiger partial charge in [-0.25, -0.2) is 0 Å². The summed E-state index contributed by atoms with van der Waals surface area (Å²) in [4.78, 5) is 41.7. The van der Waals surface area contributed by atoms with Gasteiger partial charge in [0.05, 0.1) is 69.8 Å². The van der Waals surface area contributed by atoms with Crippen molar-refractivity contribution in [3.8, 4) is 0 Å². The normalized spacial score (nSPS) is 26.8. The van der Waals surface area contributed by atoms with Crippen molar-refractivity contribution < 1.29 is 85.4 Å². The molecule has 0 aliphatic carbocycles. The summed E-state index contributed by atoms with van der Waals surface area (Å²) in [5.74, 6) is -2.74. The smallest absolute Gasteiger partial charge is 0.321 e. The van der Waals surface area contributed by atoms with E-state index in [1.54, 1.807) is 55.6 Å². The van der Waals surface area contributed by atoms with Crippen LogP contribution in [0.1, 0.15) is 81.8 Å². The molecule has 0 spiro atoms. The Hall–Kier alpha value is -6.46. The lowest BCUT2D eigenvalue weighted by molar-refractivity contribution is -0.390. The van der Waals surface area contributed by atoms with Crippen molar-refractivity contribution in [2.24, 2.45) is 10.8 Å². The molecule has 9 rings (SSSR count). The number of hydrogen-bond acceptors (Lipinski definition) is 18. The van der Waals surface area contributed by atoms with Gasteiger partial charge >= 0.3 is 17.9 Å². The molecular weight excluding hydrogens is 1200 g/mol. The first-order valence-electron chi connectivity index (χ1n) is 31.3. The molecule has 0 saturated carbocycles. The van der Waals surface area contributed by atoms with Gasteiger partial charge in [0.15, 0.2) is 37.2 Å². The maximum atomic E-state index is 14.4. The van der Waals surface area contributed by atoms with Crippen LogP contribution >= 0.6 is 11.6 Å². The van der Waals surface area contributed by atoms with E-state index >= 15 is 0 Å². The fourth-order valence-electron chi connectivity index (χ4n) is 10.8. The molecule has 0 amide bonds. The van der Waals surface area contributed by atoms with E-state index < -0.39 is 127 Å². The lowest BCUT2D eigenvalue weighted by atomic mass is 9.93. The molecular formula is C73H87ClO18. The predicted octanol–water partition coefficient (Wildman–Crippen LogP) is 11.4. The molecule has 0 radical (unpaired) electrons. The van der Waals surface area contributed by atoms with Crippen molar-refractivity contribution in [1.29, 1.82) is 0 Å². The van der Waals surface area contributed by atoms with Crippen LogP contribution in [-0.4, -0.2) is 136 Å². The van der Waals surface area contributed by atoms with E-state index in [1.165, 1.54) is 0 Å². The molecule has 6 aromatic rings. The lowest BCUT2D eigenvalue weighted by Gasteiger charge is -2.51. The third-order valence-electron chi connectivity index (χ3n) is 15.7. The van der Waals surface area contributed by atoms with Gasteiger partial charge in [-0.05, 0) is 81.8 Å². The van der Waals surface area contributed by atoms with Crippen LogP contribution in [0.2, 0.25) is 0 Å². The number of hydrogen-bond donors (Lipinski definition) is 0. The highest BCUT2D eigenvalue weighted by Gasteiger charge is 2.58. The molecule has 3 aliphatic heterocycles. The second-order valence-electron chi connectivity index (χ2n) is 25.1. The van der Waals surface area contributed by atoms with Gasteiger partial charge in [0.1, 0.15) is 54.7 Å². The number of carbonyl (C=O) groups is 3. The summed E-state index contributed by atoms with van der Waals surface area (Å²) in [5.41, 5.74) is 3.04. The summed E-state index contributed by atoms with van der Waals surface area (Å²) >= 11 is 6.05. The molecule has 19 heteroatoms. The molecule has 6 aromatic carbocycles. The number of carbonyl (C=O) groups excluding carboxylic acids is 3. The Kier molecular flexibility index (Phi) is 25.9. The third-order valence-corrected chi connectivity index (χ3v) is 16.0. The quantitative estimate of drug-likeness (QED) is 0.0245. The van der Waals surface area contributed by atoms with E-state index in [2.05, 4.69) is 0 Å². The summed E-state index contributed by atoms with van der Waals surface area (Å²) < 4.78 is 103. The molecule has 92 heavy (non-hydrogen) atoms. The Labute approximate surface area is 545 Å². The van der Waals surface area contributed by atoms with E-state index in [4.69, 9.17) is 82.7 Å². The van der Waals surface area contributed by atoms with E-state index in [0.29, 0.717) is 0 Å². The van der Waals surface area contributed by atoms with Gasteiger partial charge in [-0.15, -0.1) is 11.6 Å². The minimum atomic E-state index is -1.59. The van der Waals surface area contributed by atoms with Crippen molar-refractivity contribution in [3.05, 3.63) is 215 Å². The first kappa shape index (κ1) is 69.9. The van der Waals surface area contributed by atoms with Crippen molar-refractivity contribution in [2.75, 3.05) is 26.2 Å². The topological polar surface area (TPSA) is 190 Å². The van der Waals surface area contributed by atoms with Crippen LogP contribution in [0.4, 0.5) is 0 Å². The molecule has 0 unspecified atom stereocenters. The molecule has 0 bridgehead atoms. The zero-order valence-electron chi connectivity index (χ0n) is 53.6.